The molecule has 1 N–H and O–H groups in total. The molecule has 0 spiro atoms. The van der Waals surface area contributed by atoms with E-state index in [2.05, 4.69) is 16.9 Å². The molecule has 0 aliphatic heterocycles. The van der Waals surface area contributed by atoms with Crippen molar-refractivity contribution in [1.82, 2.24) is 9.97 Å². The number of rotatable bonds is 5. The van der Waals surface area contributed by atoms with E-state index >= 15 is 0 Å². The molecular formula is C15H18N2O3. The lowest BCUT2D eigenvalue weighted by molar-refractivity contribution is -0.142. The van der Waals surface area contributed by atoms with Gasteiger partial charge in [0.25, 0.3) is 5.56 Å². The summed E-state index contributed by atoms with van der Waals surface area (Å²) in [7, 11) is 0. The Balaban J connectivity index is 2.42. The number of hydrogen-bond acceptors (Lipinski definition) is 4. The summed E-state index contributed by atoms with van der Waals surface area (Å²) in [6.45, 7) is 3.53. The molecule has 20 heavy (non-hydrogen) atoms. The smallest absolute Gasteiger partial charge is 0.302 e. The van der Waals surface area contributed by atoms with Crippen LogP contribution in [0.25, 0.3) is 10.9 Å². The van der Waals surface area contributed by atoms with E-state index in [1.54, 1.807) is 12.1 Å². The van der Waals surface area contributed by atoms with Crippen molar-refractivity contribution in [3.8, 4) is 0 Å². The number of ether oxygens (including phenoxy) is 1. The number of aromatic nitrogens is 2. The third-order valence-electron chi connectivity index (χ3n) is 3.07. The van der Waals surface area contributed by atoms with E-state index in [0.29, 0.717) is 22.3 Å². The SMILES string of the molecule is CCCCc1nc2cccc(COC(C)=O)c2c(=O)[nH]1. The van der Waals surface area contributed by atoms with Crippen LogP contribution < -0.4 is 5.56 Å². The zero-order chi connectivity index (χ0) is 14.5. The molecule has 2 rings (SSSR count). The summed E-state index contributed by atoms with van der Waals surface area (Å²) in [5.41, 5.74) is 1.14. The molecule has 1 aromatic heterocycles. The van der Waals surface area contributed by atoms with Crippen molar-refractivity contribution in [3.63, 3.8) is 0 Å². The monoisotopic (exact) mass is 274 g/mol. The second kappa shape index (κ2) is 6.32. The fourth-order valence-electron chi connectivity index (χ4n) is 2.07. The van der Waals surface area contributed by atoms with Crippen molar-refractivity contribution in [2.75, 3.05) is 0 Å². The number of carbonyl (C=O) groups is 1. The summed E-state index contributed by atoms with van der Waals surface area (Å²) in [4.78, 5) is 30.4. The van der Waals surface area contributed by atoms with Gasteiger partial charge >= 0.3 is 5.97 Å². The largest absolute Gasteiger partial charge is 0.461 e. The van der Waals surface area contributed by atoms with Crippen LogP contribution in [0.4, 0.5) is 0 Å². The summed E-state index contributed by atoms with van der Waals surface area (Å²) in [6, 6.07) is 5.39. The van der Waals surface area contributed by atoms with Crippen LogP contribution in [0.1, 0.15) is 38.1 Å². The fourth-order valence-corrected chi connectivity index (χ4v) is 2.07. The first-order valence-corrected chi connectivity index (χ1v) is 6.76. The van der Waals surface area contributed by atoms with E-state index in [9.17, 15) is 9.59 Å². The van der Waals surface area contributed by atoms with Gasteiger partial charge in [-0.1, -0.05) is 25.5 Å². The number of fused-ring (bicyclic) bond motifs is 1. The summed E-state index contributed by atoms with van der Waals surface area (Å²) < 4.78 is 4.97. The summed E-state index contributed by atoms with van der Waals surface area (Å²) >= 11 is 0. The van der Waals surface area contributed by atoms with Crippen LogP contribution in [0.3, 0.4) is 0 Å². The average Bonchev–Trinajstić information content (AvgIpc) is 2.42. The van der Waals surface area contributed by atoms with Gasteiger partial charge in [0.15, 0.2) is 0 Å². The van der Waals surface area contributed by atoms with Gasteiger partial charge in [0.1, 0.15) is 12.4 Å². The topological polar surface area (TPSA) is 72.0 Å². The Bertz CT molecular complexity index is 676. The number of aromatic amines is 1. The molecule has 0 saturated carbocycles. The number of aryl methyl sites for hydroxylation is 1. The summed E-state index contributed by atoms with van der Waals surface area (Å²) in [5.74, 6) is 0.333. The Morgan fingerprint density at radius 2 is 2.20 bits per heavy atom. The molecule has 0 radical (unpaired) electrons. The fraction of sp³-hybridized carbons (Fsp3) is 0.400. The van der Waals surface area contributed by atoms with E-state index in [4.69, 9.17) is 4.74 Å². The van der Waals surface area contributed by atoms with Crippen LogP contribution in [0, 0.1) is 0 Å². The number of nitrogens with one attached hydrogen (secondary N) is 1. The second-order valence-corrected chi connectivity index (χ2v) is 4.71. The van der Waals surface area contributed by atoms with Crippen molar-refractivity contribution in [3.05, 3.63) is 39.9 Å². The number of hydrogen-bond donors (Lipinski definition) is 1. The zero-order valence-corrected chi connectivity index (χ0v) is 11.7. The first-order valence-electron chi connectivity index (χ1n) is 6.76. The number of esters is 1. The maximum Gasteiger partial charge on any atom is 0.302 e. The van der Waals surface area contributed by atoms with E-state index in [0.717, 1.165) is 19.3 Å². The van der Waals surface area contributed by atoms with E-state index < -0.39 is 0 Å². The predicted molar refractivity (Wildman–Crippen MR) is 76.4 cm³/mol. The Kier molecular flexibility index (Phi) is 4.50. The Morgan fingerprint density at radius 1 is 1.40 bits per heavy atom. The number of unbranched alkanes of at least 4 members (excludes halogenated alkanes) is 1. The Labute approximate surface area is 117 Å². The van der Waals surface area contributed by atoms with Crippen LogP contribution >= 0.6 is 0 Å². The van der Waals surface area contributed by atoms with Gasteiger partial charge < -0.3 is 9.72 Å². The molecule has 0 unspecified atom stereocenters. The van der Waals surface area contributed by atoms with Crippen molar-refractivity contribution in [2.45, 2.75) is 39.7 Å². The molecule has 0 amide bonds. The summed E-state index contributed by atoms with van der Waals surface area (Å²) in [5, 5.41) is 0.494. The number of benzene rings is 1. The minimum Gasteiger partial charge on any atom is -0.461 e. The summed E-state index contributed by atoms with van der Waals surface area (Å²) in [6.07, 6.45) is 2.80. The van der Waals surface area contributed by atoms with Gasteiger partial charge in [-0.25, -0.2) is 4.98 Å². The van der Waals surface area contributed by atoms with Gasteiger partial charge in [0.05, 0.1) is 10.9 Å². The second-order valence-electron chi connectivity index (χ2n) is 4.71. The van der Waals surface area contributed by atoms with Gasteiger partial charge in [-0.15, -0.1) is 0 Å². The third kappa shape index (κ3) is 3.23. The highest BCUT2D eigenvalue weighted by Gasteiger charge is 2.09. The molecule has 0 bridgehead atoms. The van der Waals surface area contributed by atoms with Crippen molar-refractivity contribution in [1.29, 1.82) is 0 Å². The van der Waals surface area contributed by atoms with Gasteiger partial charge in [0, 0.05) is 18.9 Å². The van der Waals surface area contributed by atoms with E-state index in [1.165, 1.54) is 6.92 Å². The van der Waals surface area contributed by atoms with Gasteiger partial charge in [-0.3, -0.25) is 9.59 Å². The lowest BCUT2D eigenvalue weighted by atomic mass is 10.1. The molecule has 1 heterocycles. The third-order valence-corrected chi connectivity index (χ3v) is 3.07. The average molecular weight is 274 g/mol. The quantitative estimate of drug-likeness (QED) is 0.849. The molecule has 0 fully saturated rings. The Hall–Kier alpha value is -2.17. The molecule has 2 aromatic rings. The van der Waals surface area contributed by atoms with E-state index in [-0.39, 0.29) is 18.1 Å². The standard InChI is InChI=1S/C15H18N2O3/c1-3-4-8-13-16-12-7-5-6-11(9-20-10(2)18)14(12)15(19)17-13/h5-7H,3-4,8-9H2,1-2H3,(H,16,17,19). The van der Waals surface area contributed by atoms with Gasteiger partial charge in [-0.2, -0.15) is 0 Å². The predicted octanol–water partition coefficient (Wildman–Crippen LogP) is 2.33. The lowest BCUT2D eigenvalue weighted by Crippen LogP contribution is -2.14. The number of nitrogens with zero attached hydrogens (tertiary/aromatic N) is 1. The molecule has 0 aliphatic carbocycles. The zero-order valence-electron chi connectivity index (χ0n) is 11.7. The number of H-pyrrole nitrogens is 1. The first kappa shape index (κ1) is 14.2. The minimum atomic E-state index is -0.369. The maximum absolute atomic E-state index is 12.2. The van der Waals surface area contributed by atoms with Crippen LogP contribution in [0.15, 0.2) is 23.0 Å². The molecule has 5 nitrogen and oxygen atoms in total. The van der Waals surface area contributed by atoms with Gasteiger partial charge in [0.2, 0.25) is 0 Å². The highest BCUT2D eigenvalue weighted by atomic mass is 16.5. The lowest BCUT2D eigenvalue weighted by Gasteiger charge is -2.07. The first-order chi connectivity index (χ1) is 9.61. The highest BCUT2D eigenvalue weighted by molar-refractivity contribution is 5.81. The molecule has 5 heteroatoms. The minimum absolute atomic E-state index is 0.0890. The van der Waals surface area contributed by atoms with Crippen LogP contribution in [0.2, 0.25) is 0 Å². The van der Waals surface area contributed by atoms with Crippen molar-refractivity contribution < 1.29 is 9.53 Å². The molecule has 106 valence electrons. The van der Waals surface area contributed by atoms with Gasteiger partial charge in [-0.05, 0) is 12.5 Å². The normalized spacial score (nSPS) is 10.7. The Morgan fingerprint density at radius 3 is 2.90 bits per heavy atom. The van der Waals surface area contributed by atoms with Crippen molar-refractivity contribution in [2.24, 2.45) is 0 Å². The van der Waals surface area contributed by atoms with Crippen molar-refractivity contribution >= 4 is 16.9 Å². The van der Waals surface area contributed by atoms with Crippen LogP contribution in [0.5, 0.6) is 0 Å². The van der Waals surface area contributed by atoms with Crippen LogP contribution in [-0.2, 0) is 22.6 Å². The highest BCUT2D eigenvalue weighted by Crippen LogP contribution is 2.14. The molecule has 0 saturated heterocycles. The maximum atomic E-state index is 12.2. The molecule has 0 atom stereocenters. The molecular weight excluding hydrogens is 256 g/mol. The van der Waals surface area contributed by atoms with Crippen LogP contribution in [-0.4, -0.2) is 15.9 Å². The number of carbonyl (C=O) groups excluding carboxylic acids is 1. The van der Waals surface area contributed by atoms with E-state index in [1.807, 2.05) is 6.07 Å². The molecule has 0 aliphatic rings. The molecule has 1 aromatic carbocycles.